The molecule has 0 unspecified atom stereocenters. The number of amides is 1. The summed E-state index contributed by atoms with van der Waals surface area (Å²) in [4.78, 5) is 22.8. The van der Waals surface area contributed by atoms with Gasteiger partial charge in [0.25, 0.3) is 5.91 Å². The van der Waals surface area contributed by atoms with Crippen molar-refractivity contribution in [3.05, 3.63) is 0 Å². The van der Waals surface area contributed by atoms with E-state index in [4.69, 9.17) is 10.8 Å². The number of rotatable bonds is 1. The molecule has 0 aromatic carbocycles. The minimum atomic E-state index is -0.944. The highest BCUT2D eigenvalue weighted by molar-refractivity contribution is 5.87. The lowest BCUT2D eigenvalue weighted by Gasteiger charge is -2.29. The SMILES string of the molecule is N[C@H]1CCCN2CC[C@@H](C(=O)O)N2C1=O. The zero-order valence-corrected chi connectivity index (χ0v) is 8.43. The van der Waals surface area contributed by atoms with Gasteiger partial charge in [-0.2, -0.15) is 0 Å². The van der Waals surface area contributed by atoms with Crippen LogP contribution >= 0.6 is 0 Å². The summed E-state index contributed by atoms with van der Waals surface area (Å²) >= 11 is 0. The van der Waals surface area contributed by atoms with Crippen LogP contribution in [0.25, 0.3) is 0 Å². The highest BCUT2D eigenvalue weighted by Gasteiger charge is 2.42. The number of carbonyl (C=O) groups excluding carboxylic acids is 1. The van der Waals surface area contributed by atoms with Gasteiger partial charge in [0.15, 0.2) is 0 Å². The Bertz CT molecular complexity index is 294. The summed E-state index contributed by atoms with van der Waals surface area (Å²) in [6.07, 6.45) is 1.97. The van der Waals surface area contributed by atoms with E-state index in [0.29, 0.717) is 19.4 Å². The number of carboxylic acid groups (broad SMARTS) is 1. The maximum atomic E-state index is 11.8. The van der Waals surface area contributed by atoms with Crippen LogP contribution in [0.1, 0.15) is 19.3 Å². The Labute approximate surface area is 87.6 Å². The molecule has 6 nitrogen and oxygen atoms in total. The molecule has 2 saturated heterocycles. The second-order valence-electron chi connectivity index (χ2n) is 4.03. The second-order valence-corrected chi connectivity index (χ2v) is 4.03. The number of aliphatic carboxylic acids is 1. The van der Waals surface area contributed by atoms with Gasteiger partial charge in [0.2, 0.25) is 0 Å². The third-order valence-corrected chi connectivity index (χ3v) is 3.02. The van der Waals surface area contributed by atoms with Gasteiger partial charge < -0.3 is 10.8 Å². The predicted octanol–water partition coefficient (Wildman–Crippen LogP) is -0.990. The highest BCUT2D eigenvalue weighted by atomic mass is 16.4. The first kappa shape index (κ1) is 10.4. The molecule has 2 heterocycles. The summed E-state index contributed by atoms with van der Waals surface area (Å²) in [5, 5.41) is 12.1. The molecule has 0 aliphatic carbocycles. The van der Waals surface area contributed by atoms with Crippen molar-refractivity contribution in [3.8, 4) is 0 Å². The van der Waals surface area contributed by atoms with Gasteiger partial charge in [-0.1, -0.05) is 0 Å². The van der Waals surface area contributed by atoms with Crippen LogP contribution in [0.15, 0.2) is 0 Å². The Hall–Kier alpha value is -1.14. The van der Waals surface area contributed by atoms with Gasteiger partial charge in [-0.15, -0.1) is 0 Å². The molecule has 2 rings (SSSR count). The fourth-order valence-corrected chi connectivity index (χ4v) is 2.23. The van der Waals surface area contributed by atoms with Crippen molar-refractivity contribution in [2.24, 2.45) is 5.73 Å². The summed E-state index contributed by atoms with van der Waals surface area (Å²) in [7, 11) is 0. The summed E-state index contributed by atoms with van der Waals surface area (Å²) in [5.41, 5.74) is 5.69. The van der Waals surface area contributed by atoms with Crippen molar-refractivity contribution in [1.29, 1.82) is 0 Å². The monoisotopic (exact) mass is 213 g/mol. The number of nitrogens with two attached hydrogens (primary N) is 1. The Kier molecular flexibility index (Phi) is 2.62. The first-order valence-electron chi connectivity index (χ1n) is 5.17. The molecule has 3 N–H and O–H groups in total. The van der Waals surface area contributed by atoms with Crippen LogP contribution in [0, 0.1) is 0 Å². The molecule has 2 atom stereocenters. The molecule has 0 bridgehead atoms. The largest absolute Gasteiger partial charge is 0.480 e. The second kappa shape index (κ2) is 3.79. The maximum absolute atomic E-state index is 11.8. The van der Waals surface area contributed by atoms with Gasteiger partial charge in [-0.05, 0) is 19.3 Å². The van der Waals surface area contributed by atoms with Crippen molar-refractivity contribution in [2.45, 2.75) is 31.3 Å². The van der Waals surface area contributed by atoms with Crippen LogP contribution in [0.2, 0.25) is 0 Å². The normalized spacial score (nSPS) is 32.6. The smallest absolute Gasteiger partial charge is 0.328 e. The van der Waals surface area contributed by atoms with Crippen LogP contribution in [0.3, 0.4) is 0 Å². The molecule has 6 heteroatoms. The first-order valence-corrected chi connectivity index (χ1v) is 5.17. The molecule has 0 radical (unpaired) electrons. The van der Waals surface area contributed by atoms with Crippen molar-refractivity contribution in [1.82, 2.24) is 10.0 Å². The van der Waals surface area contributed by atoms with Gasteiger partial charge in [-0.25, -0.2) is 9.80 Å². The van der Waals surface area contributed by atoms with E-state index in [9.17, 15) is 9.59 Å². The molecule has 84 valence electrons. The molecule has 1 amide bonds. The van der Waals surface area contributed by atoms with Crippen LogP contribution in [-0.4, -0.2) is 52.2 Å². The average Bonchev–Trinajstić information content (AvgIpc) is 2.55. The Morgan fingerprint density at radius 2 is 2.13 bits per heavy atom. The summed E-state index contributed by atoms with van der Waals surface area (Å²) in [6.45, 7) is 1.36. The standard InChI is InChI=1S/C9H15N3O3/c10-6-2-1-4-11-5-3-7(9(14)15)12(11)8(6)13/h6-7H,1-5,10H2,(H,14,15)/t6-,7-/m0/s1. The molecule has 2 aliphatic heterocycles. The molecule has 2 fully saturated rings. The predicted molar refractivity (Wildman–Crippen MR) is 51.7 cm³/mol. The van der Waals surface area contributed by atoms with E-state index in [1.165, 1.54) is 5.01 Å². The third kappa shape index (κ3) is 1.70. The molecule has 0 aromatic heterocycles. The fraction of sp³-hybridized carbons (Fsp3) is 0.778. The van der Waals surface area contributed by atoms with Gasteiger partial charge in [0.1, 0.15) is 6.04 Å². The lowest BCUT2D eigenvalue weighted by molar-refractivity contribution is -0.159. The Morgan fingerprint density at radius 1 is 1.40 bits per heavy atom. The highest BCUT2D eigenvalue weighted by Crippen LogP contribution is 2.23. The van der Waals surface area contributed by atoms with Gasteiger partial charge >= 0.3 is 5.97 Å². The number of fused-ring (bicyclic) bond motifs is 1. The minimum Gasteiger partial charge on any atom is -0.480 e. The zero-order chi connectivity index (χ0) is 11.0. The summed E-state index contributed by atoms with van der Waals surface area (Å²) < 4.78 is 0. The van der Waals surface area contributed by atoms with Crippen molar-refractivity contribution in [2.75, 3.05) is 13.1 Å². The molecule has 0 spiro atoms. The Balaban J connectivity index is 2.23. The van der Waals surface area contributed by atoms with Crippen molar-refractivity contribution < 1.29 is 14.7 Å². The molecule has 0 saturated carbocycles. The van der Waals surface area contributed by atoms with E-state index in [1.807, 2.05) is 5.01 Å². The molecule has 2 aliphatic rings. The number of hydrazine groups is 1. The lowest BCUT2D eigenvalue weighted by Crippen LogP contribution is -2.52. The Morgan fingerprint density at radius 3 is 2.80 bits per heavy atom. The van der Waals surface area contributed by atoms with E-state index in [0.717, 1.165) is 13.0 Å². The van der Waals surface area contributed by atoms with Gasteiger partial charge in [0.05, 0.1) is 6.04 Å². The molecular formula is C9H15N3O3. The molecular weight excluding hydrogens is 198 g/mol. The number of carboxylic acids is 1. The van der Waals surface area contributed by atoms with E-state index in [1.54, 1.807) is 0 Å². The number of hydrogen-bond acceptors (Lipinski definition) is 4. The third-order valence-electron chi connectivity index (χ3n) is 3.02. The van der Waals surface area contributed by atoms with Gasteiger partial charge in [-0.3, -0.25) is 9.80 Å². The average molecular weight is 213 g/mol. The van der Waals surface area contributed by atoms with Crippen molar-refractivity contribution >= 4 is 11.9 Å². The first-order chi connectivity index (χ1) is 7.11. The summed E-state index contributed by atoms with van der Waals surface area (Å²) in [6, 6.07) is -1.27. The molecule has 0 aromatic rings. The van der Waals surface area contributed by atoms with Crippen LogP contribution < -0.4 is 5.73 Å². The zero-order valence-electron chi connectivity index (χ0n) is 8.43. The molecule has 15 heavy (non-hydrogen) atoms. The van der Waals surface area contributed by atoms with Crippen LogP contribution in [-0.2, 0) is 9.59 Å². The van der Waals surface area contributed by atoms with Gasteiger partial charge in [0, 0.05) is 13.1 Å². The lowest BCUT2D eigenvalue weighted by atomic mass is 10.1. The van der Waals surface area contributed by atoms with E-state index in [2.05, 4.69) is 0 Å². The number of carbonyl (C=O) groups is 2. The van der Waals surface area contributed by atoms with E-state index in [-0.39, 0.29) is 5.91 Å². The summed E-state index contributed by atoms with van der Waals surface area (Å²) in [5.74, 6) is -1.20. The number of nitrogens with zero attached hydrogens (tertiary/aromatic N) is 2. The van der Waals surface area contributed by atoms with Crippen molar-refractivity contribution in [3.63, 3.8) is 0 Å². The van der Waals surface area contributed by atoms with E-state index < -0.39 is 18.1 Å². The fourth-order valence-electron chi connectivity index (χ4n) is 2.23. The number of hydrogen-bond donors (Lipinski definition) is 2. The topological polar surface area (TPSA) is 86.9 Å². The van der Waals surface area contributed by atoms with E-state index >= 15 is 0 Å². The quantitative estimate of drug-likeness (QED) is 0.584. The van der Waals surface area contributed by atoms with Crippen LogP contribution in [0.5, 0.6) is 0 Å². The van der Waals surface area contributed by atoms with Crippen LogP contribution in [0.4, 0.5) is 0 Å². The maximum Gasteiger partial charge on any atom is 0.328 e. The minimum absolute atomic E-state index is 0.252.